The van der Waals surface area contributed by atoms with Gasteiger partial charge < -0.3 is 10.1 Å². The molecule has 7 heteroatoms. The van der Waals surface area contributed by atoms with Crippen molar-refractivity contribution < 1.29 is 13.9 Å². The number of halogens is 1. The van der Waals surface area contributed by atoms with Crippen molar-refractivity contribution in [2.45, 2.75) is 12.8 Å². The Bertz CT molecular complexity index is 1130. The van der Waals surface area contributed by atoms with Gasteiger partial charge in [0.2, 0.25) is 5.91 Å². The minimum atomic E-state index is -0.259. The number of nitrogens with zero attached hydrogens (tertiary/aromatic N) is 2. The Labute approximate surface area is 177 Å². The zero-order chi connectivity index (χ0) is 20.8. The molecule has 0 atom stereocenters. The van der Waals surface area contributed by atoms with Gasteiger partial charge in [0.15, 0.2) is 0 Å². The molecule has 1 N–H and O–H groups in total. The van der Waals surface area contributed by atoms with E-state index in [1.807, 2.05) is 17.5 Å². The summed E-state index contributed by atoms with van der Waals surface area (Å²) in [6, 6.07) is 17.1. The zero-order valence-corrected chi connectivity index (χ0v) is 16.7. The molecule has 2 aromatic heterocycles. The molecule has 0 aliphatic rings. The lowest BCUT2D eigenvalue weighted by Gasteiger charge is -2.08. The van der Waals surface area contributed by atoms with Gasteiger partial charge in [-0.3, -0.25) is 9.78 Å². The van der Waals surface area contributed by atoms with Gasteiger partial charge in [-0.15, -0.1) is 11.3 Å². The van der Waals surface area contributed by atoms with Crippen LogP contribution in [0.25, 0.3) is 0 Å². The Morgan fingerprint density at radius 3 is 2.63 bits per heavy atom. The maximum absolute atomic E-state index is 13.0. The van der Waals surface area contributed by atoms with Crippen molar-refractivity contribution in [3.05, 3.63) is 101 Å². The van der Waals surface area contributed by atoms with E-state index in [0.717, 1.165) is 10.6 Å². The fourth-order valence-electron chi connectivity index (χ4n) is 2.84. The van der Waals surface area contributed by atoms with Gasteiger partial charge in [-0.1, -0.05) is 18.2 Å². The largest absolute Gasteiger partial charge is 0.457 e. The van der Waals surface area contributed by atoms with E-state index in [4.69, 9.17) is 4.74 Å². The molecular weight excluding hydrogens is 401 g/mol. The molecule has 2 aromatic carbocycles. The first-order valence-corrected chi connectivity index (χ1v) is 10.2. The fraction of sp³-hybridized carbons (Fsp3) is 0.0870. The van der Waals surface area contributed by atoms with Crippen LogP contribution in [0.15, 0.2) is 78.4 Å². The van der Waals surface area contributed by atoms with E-state index >= 15 is 0 Å². The third kappa shape index (κ3) is 5.48. The lowest BCUT2D eigenvalue weighted by atomic mass is 10.1. The summed E-state index contributed by atoms with van der Waals surface area (Å²) in [5, 5.41) is 5.64. The molecule has 0 radical (unpaired) electrons. The molecular formula is C23H18FN3O2S. The molecule has 0 saturated carbocycles. The van der Waals surface area contributed by atoms with Crippen LogP contribution in [0.5, 0.6) is 11.5 Å². The van der Waals surface area contributed by atoms with E-state index in [1.54, 1.807) is 48.8 Å². The van der Waals surface area contributed by atoms with Crippen molar-refractivity contribution in [2.24, 2.45) is 0 Å². The molecule has 1 amide bonds. The first-order chi connectivity index (χ1) is 14.6. The van der Waals surface area contributed by atoms with Crippen LogP contribution in [0, 0.1) is 5.82 Å². The number of nitrogens with one attached hydrogen (secondary N) is 1. The molecule has 5 nitrogen and oxygen atoms in total. The van der Waals surface area contributed by atoms with Crippen molar-refractivity contribution in [2.75, 3.05) is 5.32 Å². The number of thiazole rings is 1. The average Bonchev–Trinajstić information content (AvgIpc) is 3.17. The predicted molar refractivity (Wildman–Crippen MR) is 114 cm³/mol. The highest BCUT2D eigenvalue weighted by Gasteiger charge is 2.10. The number of anilines is 1. The summed E-state index contributed by atoms with van der Waals surface area (Å²) in [5.74, 6) is 0.874. The first-order valence-electron chi connectivity index (χ1n) is 9.29. The standard InChI is InChI=1S/C23H18FN3O2S/c24-17-6-4-16(5-7-17)12-23-27-19(15-30-23)14-22(28)26-18-2-1-3-21(13-18)29-20-8-10-25-11-9-20/h1-11,13,15H,12,14H2,(H,26,28). The topological polar surface area (TPSA) is 64.1 Å². The number of carbonyl (C=O) groups is 1. The highest BCUT2D eigenvalue weighted by atomic mass is 32.1. The van der Waals surface area contributed by atoms with E-state index in [9.17, 15) is 9.18 Å². The highest BCUT2D eigenvalue weighted by molar-refractivity contribution is 7.09. The fourth-order valence-corrected chi connectivity index (χ4v) is 3.67. The van der Waals surface area contributed by atoms with Crippen molar-refractivity contribution in [1.29, 1.82) is 0 Å². The van der Waals surface area contributed by atoms with Crippen molar-refractivity contribution >= 4 is 22.9 Å². The lowest BCUT2D eigenvalue weighted by Crippen LogP contribution is -2.14. The third-order valence-electron chi connectivity index (χ3n) is 4.21. The number of carbonyl (C=O) groups excluding carboxylic acids is 1. The van der Waals surface area contributed by atoms with Gasteiger partial charge >= 0.3 is 0 Å². The SMILES string of the molecule is O=C(Cc1csc(Cc2ccc(F)cc2)n1)Nc1cccc(Oc2ccncc2)c1. The number of ether oxygens (including phenoxy) is 1. The molecule has 150 valence electrons. The van der Waals surface area contributed by atoms with Crippen molar-refractivity contribution in [3.8, 4) is 11.5 Å². The number of hydrogen-bond donors (Lipinski definition) is 1. The molecule has 0 aliphatic heterocycles. The van der Waals surface area contributed by atoms with Crippen LogP contribution in [0.3, 0.4) is 0 Å². The van der Waals surface area contributed by atoms with Crippen molar-refractivity contribution in [1.82, 2.24) is 9.97 Å². The second-order valence-electron chi connectivity index (χ2n) is 6.57. The number of amides is 1. The molecule has 0 saturated heterocycles. The molecule has 2 heterocycles. The van der Waals surface area contributed by atoms with Crippen LogP contribution in [-0.4, -0.2) is 15.9 Å². The number of pyridine rings is 1. The smallest absolute Gasteiger partial charge is 0.230 e. The van der Waals surface area contributed by atoms with Crippen LogP contribution < -0.4 is 10.1 Å². The summed E-state index contributed by atoms with van der Waals surface area (Å²) in [5.41, 5.74) is 2.33. The first kappa shape index (κ1) is 19.7. The van der Waals surface area contributed by atoms with Crippen LogP contribution in [0.1, 0.15) is 16.3 Å². The number of benzene rings is 2. The molecule has 0 unspecified atom stereocenters. The Hall–Kier alpha value is -3.58. The van der Waals surface area contributed by atoms with Crippen LogP contribution in [0.4, 0.5) is 10.1 Å². The van der Waals surface area contributed by atoms with Gasteiger partial charge in [0.1, 0.15) is 17.3 Å². The van der Waals surface area contributed by atoms with Gasteiger partial charge in [0.25, 0.3) is 0 Å². The van der Waals surface area contributed by atoms with Gasteiger partial charge in [0, 0.05) is 35.9 Å². The van der Waals surface area contributed by atoms with Crippen molar-refractivity contribution in [3.63, 3.8) is 0 Å². The summed E-state index contributed by atoms with van der Waals surface area (Å²) in [6.07, 6.45) is 4.09. The third-order valence-corrected chi connectivity index (χ3v) is 5.11. The van der Waals surface area contributed by atoms with Gasteiger partial charge in [-0.25, -0.2) is 9.37 Å². The maximum atomic E-state index is 13.0. The normalized spacial score (nSPS) is 10.6. The van der Waals surface area contributed by atoms with Gasteiger partial charge in [0.05, 0.1) is 17.1 Å². The lowest BCUT2D eigenvalue weighted by molar-refractivity contribution is -0.115. The average molecular weight is 419 g/mol. The Morgan fingerprint density at radius 2 is 1.83 bits per heavy atom. The van der Waals surface area contributed by atoms with Crippen LogP contribution in [0.2, 0.25) is 0 Å². The maximum Gasteiger partial charge on any atom is 0.230 e. The van der Waals surface area contributed by atoms with E-state index in [-0.39, 0.29) is 18.1 Å². The predicted octanol–water partition coefficient (Wildman–Crippen LogP) is 5.24. The van der Waals surface area contributed by atoms with Crippen LogP contribution in [-0.2, 0) is 17.6 Å². The molecule has 4 aromatic rings. The summed E-state index contributed by atoms with van der Waals surface area (Å²) >= 11 is 1.49. The van der Waals surface area contributed by atoms with E-state index in [1.165, 1.54) is 23.5 Å². The molecule has 0 aliphatic carbocycles. The molecule has 0 bridgehead atoms. The van der Waals surface area contributed by atoms with E-state index in [0.29, 0.717) is 29.3 Å². The molecule has 0 spiro atoms. The second-order valence-corrected chi connectivity index (χ2v) is 7.52. The second kappa shape index (κ2) is 9.28. The summed E-state index contributed by atoms with van der Waals surface area (Å²) < 4.78 is 18.8. The summed E-state index contributed by atoms with van der Waals surface area (Å²) in [7, 11) is 0. The zero-order valence-electron chi connectivity index (χ0n) is 15.9. The molecule has 0 fully saturated rings. The quantitative estimate of drug-likeness (QED) is 0.445. The number of hydrogen-bond acceptors (Lipinski definition) is 5. The monoisotopic (exact) mass is 419 g/mol. The Morgan fingerprint density at radius 1 is 1.03 bits per heavy atom. The number of rotatable bonds is 7. The van der Waals surface area contributed by atoms with Gasteiger partial charge in [-0.2, -0.15) is 0 Å². The van der Waals surface area contributed by atoms with E-state index < -0.39 is 0 Å². The number of aromatic nitrogens is 2. The Kier molecular flexibility index (Phi) is 6.10. The molecule has 30 heavy (non-hydrogen) atoms. The minimum Gasteiger partial charge on any atom is -0.457 e. The summed E-state index contributed by atoms with van der Waals surface area (Å²) in [4.78, 5) is 20.9. The summed E-state index contributed by atoms with van der Waals surface area (Å²) in [6.45, 7) is 0. The highest BCUT2D eigenvalue weighted by Crippen LogP contribution is 2.24. The van der Waals surface area contributed by atoms with E-state index in [2.05, 4.69) is 15.3 Å². The molecule has 4 rings (SSSR count). The Balaban J connectivity index is 1.34. The van der Waals surface area contributed by atoms with Gasteiger partial charge in [-0.05, 0) is 42.0 Å². The minimum absolute atomic E-state index is 0.158. The van der Waals surface area contributed by atoms with Crippen LogP contribution >= 0.6 is 11.3 Å².